The van der Waals surface area contributed by atoms with E-state index in [2.05, 4.69) is 30.3 Å². The minimum Gasteiger partial charge on any atom is -0.493 e. The number of rotatable bonds is 4. The van der Waals surface area contributed by atoms with Gasteiger partial charge in [-0.15, -0.1) is 0 Å². The molecule has 4 rings (SSSR count). The van der Waals surface area contributed by atoms with E-state index in [4.69, 9.17) is 14.2 Å². The van der Waals surface area contributed by atoms with E-state index >= 15 is 0 Å². The normalized spacial score (nSPS) is 16.5. The van der Waals surface area contributed by atoms with Crippen LogP contribution in [0.25, 0.3) is 10.8 Å². The van der Waals surface area contributed by atoms with E-state index in [0.717, 1.165) is 29.9 Å². The quantitative estimate of drug-likeness (QED) is 0.696. The van der Waals surface area contributed by atoms with E-state index < -0.39 is 0 Å². The van der Waals surface area contributed by atoms with E-state index in [1.54, 1.807) is 7.11 Å². The molecule has 24 heavy (non-hydrogen) atoms. The van der Waals surface area contributed by atoms with Crippen molar-refractivity contribution in [1.82, 2.24) is 0 Å². The van der Waals surface area contributed by atoms with Crippen molar-refractivity contribution in [1.29, 1.82) is 0 Å². The second-order valence-electron chi connectivity index (χ2n) is 5.99. The Morgan fingerprint density at radius 3 is 2.67 bits per heavy atom. The third-order valence-corrected chi connectivity index (χ3v) is 4.45. The van der Waals surface area contributed by atoms with Gasteiger partial charge in [-0.1, -0.05) is 54.6 Å². The summed E-state index contributed by atoms with van der Waals surface area (Å²) in [6, 6.07) is 20.6. The number of fused-ring (bicyclic) bond motifs is 3. The fourth-order valence-electron chi connectivity index (χ4n) is 3.24. The van der Waals surface area contributed by atoms with Crippen molar-refractivity contribution in [2.45, 2.75) is 25.7 Å². The maximum atomic E-state index is 6.14. The molecule has 1 aliphatic heterocycles. The first-order valence-corrected chi connectivity index (χ1v) is 8.26. The number of benzene rings is 3. The Hall–Kier alpha value is -2.52. The highest BCUT2D eigenvalue weighted by Gasteiger charge is 2.25. The van der Waals surface area contributed by atoms with Crippen molar-refractivity contribution in [3.05, 3.63) is 71.8 Å². The van der Waals surface area contributed by atoms with Gasteiger partial charge in [-0.25, -0.2) is 0 Å². The van der Waals surface area contributed by atoms with Gasteiger partial charge in [0.2, 0.25) is 6.29 Å². The lowest BCUT2D eigenvalue weighted by Crippen LogP contribution is -2.26. The molecule has 0 spiro atoms. The predicted molar refractivity (Wildman–Crippen MR) is 94.5 cm³/mol. The molecule has 1 heterocycles. The lowest BCUT2D eigenvalue weighted by Gasteiger charge is -2.28. The van der Waals surface area contributed by atoms with Crippen molar-refractivity contribution in [2.75, 3.05) is 7.11 Å². The summed E-state index contributed by atoms with van der Waals surface area (Å²) in [5, 5.41) is 2.41. The average molecular weight is 320 g/mol. The summed E-state index contributed by atoms with van der Waals surface area (Å²) in [6.45, 7) is 0.552. The van der Waals surface area contributed by atoms with Gasteiger partial charge in [0.05, 0.1) is 13.7 Å². The van der Waals surface area contributed by atoms with Crippen LogP contribution in [0.3, 0.4) is 0 Å². The third kappa shape index (κ3) is 2.83. The second kappa shape index (κ2) is 6.54. The SMILES string of the molecule is COc1cc2ccccc2c2c1O[C@H](OCc1ccccc1)CC2. The fraction of sp³-hybridized carbons (Fsp3) is 0.238. The standard InChI is InChI=1S/C21H20O3/c1-22-19-13-16-9-5-6-10-17(16)18-11-12-20(24-21(18)19)23-14-15-7-3-2-4-8-15/h2-10,13,20H,11-12,14H2,1H3/t20-/m0/s1. The summed E-state index contributed by atoms with van der Waals surface area (Å²) in [7, 11) is 1.68. The van der Waals surface area contributed by atoms with Crippen molar-refractivity contribution in [3.8, 4) is 11.5 Å². The second-order valence-corrected chi connectivity index (χ2v) is 5.99. The Morgan fingerprint density at radius 2 is 1.83 bits per heavy atom. The van der Waals surface area contributed by atoms with Crippen LogP contribution in [0.5, 0.6) is 11.5 Å². The Kier molecular flexibility index (Phi) is 4.09. The summed E-state index contributed by atoms with van der Waals surface area (Å²) in [4.78, 5) is 0. The molecule has 3 heteroatoms. The first-order valence-electron chi connectivity index (χ1n) is 8.26. The van der Waals surface area contributed by atoms with Crippen LogP contribution in [0.4, 0.5) is 0 Å². The van der Waals surface area contributed by atoms with Gasteiger partial charge in [-0.2, -0.15) is 0 Å². The van der Waals surface area contributed by atoms with Gasteiger partial charge >= 0.3 is 0 Å². The number of hydrogen-bond acceptors (Lipinski definition) is 3. The first kappa shape index (κ1) is 15.0. The number of ether oxygens (including phenoxy) is 3. The van der Waals surface area contributed by atoms with Crippen LogP contribution in [0.2, 0.25) is 0 Å². The van der Waals surface area contributed by atoms with Crippen LogP contribution < -0.4 is 9.47 Å². The Labute approximate surface area is 141 Å². The molecule has 3 aromatic rings. The molecule has 0 radical (unpaired) electrons. The van der Waals surface area contributed by atoms with Crippen LogP contribution in [0, 0.1) is 0 Å². The monoisotopic (exact) mass is 320 g/mol. The van der Waals surface area contributed by atoms with E-state index in [1.165, 1.54) is 16.3 Å². The predicted octanol–water partition coefficient (Wildman–Crippen LogP) is 4.72. The van der Waals surface area contributed by atoms with E-state index in [9.17, 15) is 0 Å². The zero-order valence-corrected chi connectivity index (χ0v) is 13.7. The van der Waals surface area contributed by atoms with E-state index in [-0.39, 0.29) is 6.29 Å². The van der Waals surface area contributed by atoms with E-state index in [0.29, 0.717) is 6.61 Å². The highest BCUT2D eigenvalue weighted by atomic mass is 16.7. The van der Waals surface area contributed by atoms with Crippen molar-refractivity contribution < 1.29 is 14.2 Å². The molecule has 0 aromatic heterocycles. The van der Waals surface area contributed by atoms with Gasteiger partial charge in [-0.3, -0.25) is 0 Å². The van der Waals surface area contributed by atoms with Crippen molar-refractivity contribution in [2.24, 2.45) is 0 Å². The molecule has 3 aromatic carbocycles. The zero-order valence-electron chi connectivity index (χ0n) is 13.7. The summed E-state index contributed by atoms with van der Waals surface area (Å²) in [6.07, 6.45) is 1.52. The van der Waals surface area contributed by atoms with Crippen LogP contribution in [-0.4, -0.2) is 13.4 Å². The molecule has 1 aliphatic rings. The minimum atomic E-state index is -0.243. The van der Waals surface area contributed by atoms with Gasteiger partial charge in [0.15, 0.2) is 11.5 Å². The molecule has 0 saturated carbocycles. The fourth-order valence-corrected chi connectivity index (χ4v) is 3.24. The lowest BCUT2D eigenvalue weighted by molar-refractivity contribution is -0.100. The molecule has 0 N–H and O–H groups in total. The van der Waals surface area contributed by atoms with Crippen molar-refractivity contribution in [3.63, 3.8) is 0 Å². The topological polar surface area (TPSA) is 27.7 Å². The highest BCUT2D eigenvalue weighted by molar-refractivity contribution is 5.90. The molecule has 0 bridgehead atoms. The molecule has 122 valence electrons. The molecular formula is C21H20O3. The van der Waals surface area contributed by atoms with Crippen LogP contribution in [0.15, 0.2) is 60.7 Å². The van der Waals surface area contributed by atoms with Crippen molar-refractivity contribution >= 4 is 10.8 Å². The zero-order chi connectivity index (χ0) is 16.4. The molecule has 0 fully saturated rings. The molecule has 3 nitrogen and oxygen atoms in total. The smallest absolute Gasteiger partial charge is 0.200 e. The Balaban J connectivity index is 1.59. The highest BCUT2D eigenvalue weighted by Crippen LogP contribution is 2.42. The van der Waals surface area contributed by atoms with Crippen LogP contribution in [0.1, 0.15) is 17.5 Å². The van der Waals surface area contributed by atoms with Gasteiger partial charge in [0.25, 0.3) is 0 Å². The summed E-state index contributed by atoms with van der Waals surface area (Å²) >= 11 is 0. The average Bonchev–Trinajstić information content (AvgIpc) is 2.66. The van der Waals surface area contributed by atoms with Crippen LogP contribution >= 0.6 is 0 Å². The molecular weight excluding hydrogens is 300 g/mol. The maximum absolute atomic E-state index is 6.14. The third-order valence-electron chi connectivity index (χ3n) is 4.45. The molecule has 0 unspecified atom stereocenters. The first-order chi connectivity index (χ1) is 11.8. The minimum absolute atomic E-state index is 0.243. The summed E-state index contributed by atoms with van der Waals surface area (Å²) in [5.41, 5.74) is 2.36. The van der Waals surface area contributed by atoms with Gasteiger partial charge in [-0.05, 0) is 28.8 Å². The maximum Gasteiger partial charge on any atom is 0.200 e. The number of hydrogen-bond donors (Lipinski definition) is 0. The Bertz CT molecular complexity index is 842. The van der Waals surface area contributed by atoms with Gasteiger partial charge < -0.3 is 14.2 Å². The molecule has 0 saturated heterocycles. The van der Waals surface area contributed by atoms with Crippen LogP contribution in [-0.2, 0) is 17.8 Å². The molecule has 0 aliphatic carbocycles. The lowest BCUT2D eigenvalue weighted by atomic mass is 9.97. The molecule has 1 atom stereocenters. The van der Waals surface area contributed by atoms with Gasteiger partial charge in [0, 0.05) is 12.0 Å². The summed E-state index contributed by atoms with van der Waals surface area (Å²) < 4.78 is 17.6. The summed E-state index contributed by atoms with van der Waals surface area (Å²) in [5.74, 6) is 1.59. The molecule has 0 amide bonds. The number of aryl methyl sites for hydroxylation is 1. The van der Waals surface area contributed by atoms with Gasteiger partial charge in [0.1, 0.15) is 0 Å². The largest absolute Gasteiger partial charge is 0.493 e. The van der Waals surface area contributed by atoms with E-state index in [1.807, 2.05) is 30.3 Å². The number of methoxy groups -OCH3 is 1. The Morgan fingerprint density at radius 1 is 1.04 bits per heavy atom.